The third-order valence-electron chi connectivity index (χ3n) is 4.92. The molecular weight excluding hydrogens is 290 g/mol. The van der Waals surface area contributed by atoms with E-state index in [1.54, 1.807) is 0 Å². The maximum absolute atomic E-state index is 11.4. The monoisotopic (exact) mass is 311 g/mol. The van der Waals surface area contributed by atoms with Gasteiger partial charge in [-0.1, -0.05) is 0 Å². The predicted octanol–water partition coefficient (Wildman–Crippen LogP) is 3.28. The molecule has 2 fully saturated rings. The van der Waals surface area contributed by atoms with Gasteiger partial charge >= 0.3 is 5.97 Å². The largest absolute Gasteiger partial charge is 0.478 e. The standard InChI is InChI=1S/C18H21N3O2/c1-11-15(18(22)23)8-16(13-2-3-13)21(11)7-6-12-9-19-17(20-10-12)14-4-5-14/h8-10,13-14H,2-7H2,1H3,(H,22,23). The van der Waals surface area contributed by atoms with E-state index in [4.69, 9.17) is 0 Å². The summed E-state index contributed by atoms with van der Waals surface area (Å²) in [5.41, 5.74) is 3.58. The molecule has 5 heteroatoms. The molecule has 0 unspecified atom stereocenters. The molecule has 0 aliphatic heterocycles. The smallest absolute Gasteiger partial charge is 0.337 e. The van der Waals surface area contributed by atoms with Crippen molar-refractivity contribution in [3.05, 3.63) is 46.8 Å². The number of carbonyl (C=O) groups is 1. The van der Waals surface area contributed by atoms with Crippen molar-refractivity contribution in [2.45, 2.75) is 57.4 Å². The van der Waals surface area contributed by atoms with Crippen LogP contribution in [0, 0.1) is 6.92 Å². The highest BCUT2D eigenvalue weighted by Gasteiger charge is 2.30. The van der Waals surface area contributed by atoms with Crippen molar-refractivity contribution >= 4 is 5.97 Å². The van der Waals surface area contributed by atoms with E-state index in [1.807, 2.05) is 25.4 Å². The fourth-order valence-electron chi connectivity index (χ4n) is 3.19. The summed E-state index contributed by atoms with van der Waals surface area (Å²) in [6.07, 6.45) is 9.45. The van der Waals surface area contributed by atoms with Crippen LogP contribution in [0.4, 0.5) is 0 Å². The summed E-state index contributed by atoms with van der Waals surface area (Å²) in [4.78, 5) is 20.3. The van der Waals surface area contributed by atoms with Crippen LogP contribution in [-0.4, -0.2) is 25.6 Å². The molecule has 4 rings (SSSR count). The van der Waals surface area contributed by atoms with Crippen LogP contribution in [0.5, 0.6) is 0 Å². The lowest BCUT2D eigenvalue weighted by Gasteiger charge is -2.11. The third kappa shape index (κ3) is 2.87. The molecule has 2 aliphatic carbocycles. The van der Waals surface area contributed by atoms with Gasteiger partial charge < -0.3 is 9.67 Å². The average Bonchev–Trinajstić information content (AvgIpc) is 3.44. The molecular formula is C18H21N3O2. The van der Waals surface area contributed by atoms with Crippen molar-refractivity contribution in [2.75, 3.05) is 0 Å². The average molecular weight is 311 g/mol. The molecule has 0 aromatic carbocycles. The van der Waals surface area contributed by atoms with E-state index in [9.17, 15) is 9.90 Å². The first kappa shape index (κ1) is 14.4. The molecule has 2 aromatic rings. The maximum atomic E-state index is 11.4. The number of aryl methyl sites for hydroxylation is 1. The molecule has 2 aromatic heterocycles. The second kappa shape index (κ2) is 5.48. The number of hydrogen-bond acceptors (Lipinski definition) is 3. The van der Waals surface area contributed by atoms with Crippen molar-refractivity contribution in [3.63, 3.8) is 0 Å². The summed E-state index contributed by atoms with van der Waals surface area (Å²) >= 11 is 0. The quantitative estimate of drug-likeness (QED) is 0.889. The first-order chi connectivity index (χ1) is 11.1. The van der Waals surface area contributed by atoms with Crippen LogP contribution in [0.3, 0.4) is 0 Å². The summed E-state index contributed by atoms with van der Waals surface area (Å²) in [5, 5.41) is 9.35. The normalized spacial score (nSPS) is 17.4. The van der Waals surface area contributed by atoms with Gasteiger partial charge in [-0.05, 0) is 56.6 Å². The van der Waals surface area contributed by atoms with Crippen LogP contribution in [0.15, 0.2) is 18.5 Å². The number of aromatic nitrogens is 3. The van der Waals surface area contributed by atoms with Gasteiger partial charge in [-0.3, -0.25) is 0 Å². The summed E-state index contributed by atoms with van der Waals surface area (Å²) in [6, 6.07) is 1.86. The van der Waals surface area contributed by atoms with Crippen molar-refractivity contribution < 1.29 is 9.90 Å². The van der Waals surface area contributed by atoms with Crippen LogP contribution in [0.1, 0.15) is 70.7 Å². The Morgan fingerprint density at radius 3 is 2.43 bits per heavy atom. The van der Waals surface area contributed by atoms with Gasteiger partial charge in [0.2, 0.25) is 0 Å². The summed E-state index contributed by atoms with van der Waals surface area (Å²) < 4.78 is 2.18. The molecule has 1 N–H and O–H groups in total. The van der Waals surface area contributed by atoms with E-state index in [0.29, 0.717) is 17.4 Å². The summed E-state index contributed by atoms with van der Waals surface area (Å²) in [6.45, 7) is 2.69. The molecule has 5 nitrogen and oxygen atoms in total. The van der Waals surface area contributed by atoms with Crippen LogP contribution in [0.2, 0.25) is 0 Å². The van der Waals surface area contributed by atoms with Crippen LogP contribution < -0.4 is 0 Å². The molecule has 2 saturated carbocycles. The molecule has 2 heterocycles. The topological polar surface area (TPSA) is 68.0 Å². The zero-order chi connectivity index (χ0) is 16.0. The molecule has 23 heavy (non-hydrogen) atoms. The molecule has 0 spiro atoms. The van der Waals surface area contributed by atoms with E-state index in [2.05, 4.69) is 14.5 Å². The minimum Gasteiger partial charge on any atom is -0.478 e. The van der Waals surface area contributed by atoms with Gasteiger partial charge in [0.15, 0.2) is 0 Å². The summed E-state index contributed by atoms with van der Waals surface area (Å²) in [5.74, 6) is 1.25. The van der Waals surface area contributed by atoms with E-state index >= 15 is 0 Å². The predicted molar refractivity (Wildman–Crippen MR) is 85.8 cm³/mol. The van der Waals surface area contributed by atoms with Crippen LogP contribution in [0.25, 0.3) is 0 Å². The minimum absolute atomic E-state index is 0.437. The molecule has 0 radical (unpaired) electrons. The summed E-state index contributed by atoms with van der Waals surface area (Å²) in [7, 11) is 0. The molecule has 0 amide bonds. The van der Waals surface area contributed by atoms with Crippen LogP contribution in [-0.2, 0) is 13.0 Å². The van der Waals surface area contributed by atoms with E-state index in [-0.39, 0.29) is 0 Å². The first-order valence-electron chi connectivity index (χ1n) is 8.37. The fraction of sp³-hybridized carbons (Fsp3) is 0.500. The Bertz CT molecular complexity index is 740. The third-order valence-corrected chi connectivity index (χ3v) is 4.92. The number of aromatic carboxylic acids is 1. The van der Waals surface area contributed by atoms with Gasteiger partial charge in [0.05, 0.1) is 5.56 Å². The maximum Gasteiger partial charge on any atom is 0.337 e. The van der Waals surface area contributed by atoms with Crippen molar-refractivity contribution in [1.82, 2.24) is 14.5 Å². The van der Waals surface area contributed by atoms with Gasteiger partial charge in [-0.25, -0.2) is 14.8 Å². The zero-order valence-corrected chi connectivity index (χ0v) is 13.3. The van der Waals surface area contributed by atoms with Gasteiger partial charge in [0, 0.05) is 36.2 Å². The molecule has 0 atom stereocenters. The van der Waals surface area contributed by atoms with Gasteiger partial charge in [0.25, 0.3) is 0 Å². The molecule has 0 bridgehead atoms. The molecule has 0 saturated heterocycles. The Morgan fingerprint density at radius 1 is 1.22 bits per heavy atom. The minimum atomic E-state index is -0.833. The molecule has 120 valence electrons. The van der Waals surface area contributed by atoms with Crippen molar-refractivity contribution in [3.8, 4) is 0 Å². The number of rotatable bonds is 6. The number of carboxylic acids is 1. The van der Waals surface area contributed by atoms with Gasteiger partial charge in [-0.15, -0.1) is 0 Å². The number of carboxylic acid groups (broad SMARTS) is 1. The Kier molecular flexibility index (Phi) is 3.43. The van der Waals surface area contributed by atoms with E-state index < -0.39 is 5.97 Å². The second-order valence-electron chi connectivity index (χ2n) is 6.77. The lowest BCUT2D eigenvalue weighted by molar-refractivity contribution is 0.0696. The molecule has 2 aliphatic rings. The lowest BCUT2D eigenvalue weighted by atomic mass is 10.2. The Hall–Kier alpha value is -2.17. The van der Waals surface area contributed by atoms with E-state index in [0.717, 1.165) is 30.0 Å². The fourth-order valence-corrected chi connectivity index (χ4v) is 3.19. The van der Waals surface area contributed by atoms with Gasteiger partial charge in [-0.2, -0.15) is 0 Å². The highest BCUT2D eigenvalue weighted by molar-refractivity contribution is 5.89. The SMILES string of the molecule is Cc1c(C(=O)O)cc(C2CC2)n1CCc1cnc(C2CC2)nc1. The Labute approximate surface area is 135 Å². The van der Waals surface area contributed by atoms with Gasteiger partial charge in [0.1, 0.15) is 5.82 Å². The first-order valence-corrected chi connectivity index (χ1v) is 8.37. The van der Waals surface area contributed by atoms with Crippen molar-refractivity contribution in [1.29, 1.82) is 0 Å². The lowest BCUT2D eigenvalue weighted by Crippen LogP contribution is -2.08. The highest BCUT2D eigenvalue weighted by Crippen LogP contribution is 2.42. The Morgan fingerprint density at radius 2 is 1.87 bits per heavy atom. The Balaban J connectivity index is 1.52. The van der Waals surface area contributed by atoms with Crippen molar-refractivity contribution in [2.24, 2.45) is 0 Å². The van der Waals surface area contributed by atoms with Crippen LogP contribution >= 0.6 is 0 Å². The number of nitrogens with zero attached hydrogens (tertiary/aromatic N) is 3. The number of hydrogen-bond donors (Lipinski definition) is 1. The second-order valence-corrected chi connectivity index (χ2v) is 6.77. The van der Waals surface area contributed by atoms with E-state index in [1.165, 1.54) is 31.4 Å². The highest BCUT2D eigenvalue weighted by atomic mass is 16.4. The zero-order valence-electron chi connectivity index (χ0n) is 13.3.